The highest BCUT2D eigenvalue weighted by atomic mass is 19.1. The van der Waals surface area contributed by atoms with Gasteiger partial charge in [0.1, 0.15) is 11.6 Å². The molecule has 1 saturated heterocycles. The molecule has 4 nitrogen and oxygen atoms in total. The Kier molecular flexibility index (Phi) is 3.28. The molecule has 3 aliphatic rings. The number of methoxy groups -OCH3 is 1. The maximum Gasteiger partial charge on any atom is 0.334 e. The van der Waals surface area contributed by atoms with E-state index in [1.807, 2.05) is 0 Å². The fourth-order valence-electron chi connectivity index (χ4n) is 3.85. The van der Waals surface area contributed by atoms with Gasteiger partial charge in [0.2, 0.25) is 0 Å². The molecule has 122 valence electrons. The number of carbonyl (C=O) groups is 1. The summed E-state index contributed by atoms with van der Waals surface area (Å²) in [6.07, 6.45) is 0.928. The minimum atomic E-state index is -0.818. The highest BCUT2D eigenvalue weighted by Crippen LogP contribution is 2.62. The Balaban J connectivity index is 1.86. The standard InChI is InChI=1S/C17H16F2O4/c1-21-16(20)12-8-17(22-4-5-23-17)13-7-10(13)15(12)11-6-9(18)2-3-14(11)19/h2-3,6,10,13H,4-5,7-8H2,1H3. The van der Waals surface area contributed by atoms with Gasteiger partial charge in [0.25, 0.3) is 0 Å². The Morgan fingerprint density at radius 1 is 1.30 bits per heavy atom. The first kappa shape index (κ1) is 14.8. The van der Waals surface area contributed by atoms with E-state index in [0.717, 1.165) is 24.6 Å². The van der Waals surface area contributed by atoms with Gasteiger partial charge in [0.05, 0.1) is 20.3 Å². The van der Waals surface area contributed by atoms with Crippen molar-refractivity contribution >= 4 is 11.5 Å². The first-order valence-corrected chi connectivity index (χ1v) is 7.60. The number of esters is 1. The molecular weight excluding hydrogens is 306 g/mol. The summed E-state index contributed by atoms with van der Waals surface area (Å²) >= 11 is 0. The van der Waals surface area contributed by atoms with Crippen LogP contribution in [0.5, 0.6) is 0 Å². The smallest absolute Gasteiger partial charge is 0.334 e. The molecule has 2 aliphatic carbocycles. The van der Waals surface area contributed by atoms with E-state index < -0.39 is 23.4 Å². The maximum atomic E-state index is 14.2. The Labute approximate surface area is 132 Å². The van der Waals surface area contributed by atoms with Gasteiger partial charge in [0.15, 0.2) is 5.79 Å². The van der Waals surface area contributed by atoms with Crippen LogP contribution in [0.3, 0.4) is 0 Å². The van der Waals surface area contributed by atoms with Crippen LogP contribution in [0.1, 0.15) is 18.4 Å². The van der Waals surface area contributed by atoms with Crippen LogP contribution in [0.4, 0.5) is 8.78 Å². The van der Waals surface area contributed by atoms with Gasteiger partial charge in [-0.25, -0.2) is 13.6 Å². The van der Waals surface area contributed by atoms with Crippen molar-refractivity contribution in [2.45, 2.75) is 18.6 Å². The summed E-state index contributed by atoms with van der Waals surface area (Å²) in [7, 11) is 1.27. The van der Waals surface area contributed by atoms with Crippen molar-refractivity contribution in [2.24, 2.45) is 11.8 Å². The second-order valence-electron chi connectivity index (χ2n) is 6.14. The van der Waals surface area contributed by atoms with E-state index in [-0.39, 0.29) is 23.8 Å². The number of ether oxygens (including phenoxy) is 3. The fourth-order valence-corrected chi connectivity index (χ4v) is 3.85. The largest absolute Gasteiger partial charge is 0.466 e. The van der Waals surface area contributed by atoms with Crippen molar-refractivity contribution in [3.8, 4) is 0 Å². The van der Waals surface area contributed by atoms with E-state index in [1.54, 1.807) is 0 Å². The molecule has 1 aromatic rings. The number of halogens is 2. The van der Waals surface area contributed by atoms with Crippen LogP contribution in [0.25, 0.3) is 5.57 Å². The lowest BCUT2D eigenvalue weighted by molar-refractivity contribution is -0.178. The molecule has 0 radical (unpaired) electrons. The van der Waals surface area contributed by atoms with Gasteiger partial charge >= 0.3 is 5.97 Å². The van der Waals surface area contributed by atoms with Crippen LogP contribution < -0.4 is 0 Å². The zero-order chi connectivity index (χ0) is 16.2. The van der Waals surface area contributed by atoms with Gasteiger partial charge in [-0.15, -0.1) is 0 Å². The van der Waals surface area contributed by atoms with Gasteiger partial charge in [-0.1, -0.05) is 0 Å². The molecule has 6 heteroatoms. The minimum absolute atomic E-state index is 0.0658. The van der Waals surface area contributed by atoms with Crippen LogP contribution in [0, 0.1) is 23.5 Å². The number of hydrogen-bond donors (Lipinski definition) is 0. The monoisotopic (exact) mass is 322 g/mol. The van der Waals surface area contributed by atoms with Gasteiger partial charge in [-0.2, -0.15) is 0 Å². The van der Waals surface area contributed by atoms with Crippen molar-refractivity contribution in [1.29, 1.82) is 0 Å². The first-order valence-electron chi connectivity index (χ1n) is 7.60. The molecule has 23 heavy (non-hydrogen) atoms. The van der Waals surface area contributed by atoms with Crippen LogP contribution in [-0.4, -0.2) is 32.1 Å². The number of hydrogen-bond acceptors (Lipinski definition) is 4. The van der Waals surface area contributed by atoms with Gasteiger partial charge in [-0.05, 0) is 36.1 Å². The normalized spacial score (nSPS) is 28.0. The molecule has 1 aliphatic heterocycles. The Morgan fingerprint density at radius 2 is 2.04 bits per heavy atom. The topological polar surface area (TPSA) is 44.8 Å². The average molecular weight is 322 g/mol. The lowest BCUT2D eigenvalue weighted by Gasteiger charge is -2.33. The maximum absolute atomic E-state index is 14.2. The van der Waals surface area contributed by atoms with E-state index in [4.69, 9.17) is 14.2 Å². The molecule has 0 N–H and O–H groups in total. The molecule has 0 bridgehead atoms. The van der Waals surface area contributed by atoms with Crippen LogP contribution in [-0.2, 0) is 19.0 Å². The fraction of sp³-hybridized carbons (Fsp3) is 0.471. The predicted molar refractivity (Wildman–Crippen MR) is 76.1 cm³/mol. The Bertz CT molecular complexity index is 707. The van der Waals surface area contributed by atoms with Crippen molar-refractivity contribution in [1.82, 2.24) is 0 Å². The predicted octanol–water partition coefficient (Wildman–Crippen LogP) is 2.67. The van der Waals surface area contributed by atoms with Gasteiger partial charge in [-0.3, -0.25) is 0 Å². The first-order chi connectivity index (χ1) is 11.1. The minimum Gasteiger partial charge on any atom is -0.466 e. The average Bonchev–Trinajstić information content (AvgIpc) is 3.23. The van der Waals surface area contributed by atoms with Crippen LogP contribution in [0.15, 0.2) is 23.8 Å². The summed E-state index contributed by atoms with van der Waals surface area (Å²) in [5, 5.41) is 0. The molecule has 0 amide bonds. The second kappa shape index (κ2) is 5.11. The third-order valence-electron chi connectivity index (χ3n) is 4.90. The lowest BCUT2D eigenvalue weighted by Crippen LogP contribution is -2.38. The highest BCUT2D eigenvalue weighted by molar-refractivity contribution is 5.99. The molecule has 2 fully saturated rings. The molecule has 1 saturated carbocycles. The van der Waals surface area contributed by atoms with E-state index in [0.29, 0.717) is 24.4 Å². The number of carbonyl (C=O) groups excluding carboxylic acids is 1. The molecule has 1 spiro atoms. The number of fused-ring (bicyclic) bond motifs is 2. The highest BCUT2D eigenvalue weighted by Gasteiger charge is 2.62. The second-order valence-corrected chi connectivity index (χ2v) is 6.14. The lowest BCUT2D eigenvalue weighted by atomic mass is 9.83. The summed E-state index contributed by atoms with van der Waals surface area (Å²) in [5.74, 6) is -2.46. The van der Waals surface area contributed by atoms with Gasteiger partial charge < -0.3 is 14.2 Å². The molecule has 1 aromatic carbocycles. The quantitative estimate of drug-likeness (QED) is 0.785. The SMILES string of the molecule is COC(=O)C1=C(c2cc(F)ccc2F)C2CC2C2(C1)OCCO2. The summed E-state index contributed by atoms with van der Waals surface area (Å²) in [6, 6.07) is 3.28. The third kappa shape index (κ3) is 2.20. The molecule has 4 rings (SSSR count). The van der Waals surface area contributed by atoms with Crippen molar-refractivity contribution in [3.63, 3.8) is 0 Å². The Morgan fingerprint density at radius 3 is 2.74 bits per heavy atom. The number of allylic oxidation sites excluding steroid dienone is 1. The summed E-state index contributed by atoms with van der Waals surface area (Å²) in [5.41, 5.74) is 0.979. The van der Waals surface area contributed by atoms with Crippen molar-refractivity contribution < 1.29 is 27.8 Å². The number of rotatable bonds is 2. The zero-order valence-electron chi connectivity index (χ0n) is 12.6. The summed E-state index contributed by atoms with van der Waals surface area (Å²) in [4.78, 5) is 12.2. The molecule has 1 heterocycles. The van der Waals surface area contributed by atoms with E-state index in [2.05, 4.69) is 0 Å². The van der Waals surface area contributed by atoms with Crippen LogP contribution in [0.2, 0.25) is 0 Å². The van der Waals surface area contributed by atoms with E-state index >= 15 is 0 Å². The van der Waals surface area contributed by atoms with Gasteiger partial charge in [0, 0.05) is 23.5 Å². The van der Waals surface area contributed by atoms with E-state index in [1.165, 1.54) is 7.11 Å². The van der Waals surface area contributed by atoms with E-state index in [9.17, 15) is 13.6 Å². The summed E-state index contributed by atoms with van der Waals surface area (Å²) < 4.78 is 44.2. The Hall–Kier alpha value is -1.79. The molecular formula is C17H16F2O4. The summed E-state index contributed by atoms with van der Waals surface area (Å²) in [6.45, 7) is 0.947. The van der Waals surface area contributed by atoms with Crippen LogP contribution >= 0.6 is 0 Å². The number of benzene rings is 1. The zero-order valence-corrected chi connectivity index (χ0v) is 12.6. The molecule has 2 unspecified atom stereocenters. The molecule has 2 atom stereocenters. The van der Waals surface area contributed by atoms with Crippen molar-refractivity contribution in [2.75, 3.05) is 20.3 Å². The molecule has 0 aromatic heterocycles. The third-order valence-corrected chi connectivity index (χ3v) is 4.90. The van der Waals surface area contributed by atoms with Crippen molar-refractivity contribution in [3.05, 3.63) is 41.0 Å².